The highest BCUT2D eigenvalue weighted by Crippen LogP contribution is 2.48. The average molecular weight is 340 g/mol. The molecular formula is C17H22F2N2O3. The number of carbonyl (C=O) groups excluding carboxylic acids is 2. The van der Waals surface area contributed by atoms with Crippen molar-refractivity contribution in [3.05, 3.63) is 35.4 Å². The van der Waals surface area contributed by atoms with Crippen LogP contribution in [-0.4, -0.2) is 30.7 Å². The van der Waals surface area contributed by atoms with Gasteiger partial charge in [0, 0.05) is 25.1 Å². The molecule has 1 aliphatic rings. The van der Waals surface area contributed by atoms with Gasteiger partial charge in [0.05, 0.1) is 0 Å². The van der Waals surface area contributed by atoms with Gasteiger partial charge in [-0.25, -0.2) is 13.6 Å². The molecule has 0 heterocycles. The largest absolute Gasteiger partial charge is 0.444 e. The molecule has 1 aliphatic carbocycles. The Kier molecular flexibility index (Phi) is 5.41. The molecule has 2 atom stereocenters. The maximum Gasteiger partial charge on any atom is 0.407 e. The molecule has 0 radical (unpaired) electrons. The van der Waals surface area contributed by atoms with Crippen LogP contribution in [0.25, 0.3) is 0 Å². The van der Waals surface area contributed by atoms with Crippen LogP contribution in [0.1, 0.15) is 38.7 Å². The van der Waals surface area contributed by atoms with Gasteiger partial charge in [-0.05, 0) is 44.7 Å². The predicted molar refractivity (Wildman–Crippen MR) is 84.5 cm³/mol. The van der Waals surface area contributed by atoms with Crippen molar-refractivity contribution in [2.24, 2.45) is 5.92 Å². The minimum Gasteiger partial charge on any atom is -0.444 e. The van der Waals surface area contributed by atoms with E-state index in [-0.39, 0.29) is 30.8 Å². The van der Waals surface area contributed by atoms with Gasteiger partial charge in [0.15, 0.2) is 0 Å². The van der Waals surface area contributed by atoms with Gasteiger partial charge in [-0.1, -0.05) is 6.07 Å². The van der Waals surface area contributed by atoms with Crippen LogP contribution in [-0.2, 0) is 9.53 Å². The van der Waals surface area contributed by atoms with E-state index < -0.39 is 23.3 Å². The summed E-state index contributed by atoms with van der Waals surface area (Å²) in [6, 6.07) is 3.40. The SMILES string of the molecule is CC(C)(C)OC(=O)NCCNC(=O)C1CC1c1ccc(F)cc1F. The van der Waals surface area contributed by atoms with Gasteiger partial charge in [0.2, 0.25) is 5.91 Å². The molecule has 0 saturated heterocycles. The van der Waals surface area contributed by atoms with Crippen LogP contribution in [0, 0.1) is 17.6 Å². The topological polar surface area (TPSA) is 67.4 Å². The zero-order valence-corrected chi connectivity index (χ0v) is 14.0. The summed E-state index contributed by atoms with van der Waals surface area (Å²) < 4.78 is 31.6. The van der Waals surface area contributed by atoms with Crippen LogP contribution in [0.5, 0.6) is 0 Å². The van der Waals surface area contributed by atoms with E-state index in [4.69, 9.17) is 4.74 Å². The zero-order valence-electron chi connectivity index (χ0n) is 14.0. The van der Waals surface area contributed by atoms with Gasteiger partial charge >= 0.3 is 6.09 Å². The molecule has 2 N–H and O–H groups in total. The maximum absolute atomic E-state index is 13.7. The monoisotopic (exact) mass is 340 g/mol. The Labute approximate surface area is 139 Å². The number of halogens is 2. The Hall–Kier alpha value is -2.18. The van der Waals surface area contributed by atoms with Crippen LogP contribution in [0.3, 0.4) is 0 Å². The van der Waals surface area contributed by atoms with E-state index in [9.17, 15) is 18.4 Å². The van der Waals surface area contributed by atoms with Crippen molar-refractivity contribution >= 4 is 12.0 Å². The first-order chi connectivity index (χ1) is 11.2. The van der Waals surface area contributed by atoms with Crippen LogP contribution in [0.2, 0.25) is 0 Å². The fourth-order valence-corrected chi connectivity index (χ4v) is 2.43. The smallest absolute Gasteiger partial charge is 0.407 e. The van der Waals surface area contributed by atoms with Gasteiger partial charge in [-0.3, -0.25) is 4.79 Å². The highest BCUT2D eigenvalue weighted by atomic mass is 19.1. The summed E-state index contributed by atoms with van der Waals surface area (Å²) in [6.07, 6.45) is -0.0112. The Balaban J connectivity index is 1.70. The normalized spacial score (nSPS) is 19.5. The quantitative estimate of drug-likeness (QED) is 0.810. The van der Waals surface area contributed by atoms with E-state index in [1.54, 1.807) is 20.8 Å². The summed E-state index contributed by atoms with van der Waals surface area (Å²) in [5.41, 5.74) is -0.211. The second-order valence-corrected chi connectivity index (χ2v) is 6.83. The summed E-state index contributed by atoms with van der Waals surface area (Å²) >= 11 is 0. The minimum atomic E-state index is -0.633. The third-order valence-corrected chi connectivity index (χ3v) is 3.58. The number of nitrogens with one attached hydrogen (secondary N) is 2. The molecule has 2 rings (SSSR count). The number of carbonyl (C=O) groups is 2. The summed E-state index contributed by atoms with van der Waals surface area (Å²) in [4.78, 5) is 23.4. The van der Waals surface area contributed by atoms with E-state index in [0.717, 1.165) is 6.07 Å². The lowest BCUT2D eigenvalue weighted by atomic mass is 10.1. The van der Waals surface area contributed by atoms with Crippen LogP contribution in [0.15, 0.2) is 18.2 Å². The summed E-state index contributed by atoms with van der Waals surface area (Å²) in [5.74, 6) is -1.99. The van der Waals surface area contributed by atoms with E-state index >= 15 is 0 Å². The molecule has 0 aromatic heterocycles. The summed E-state index contributed by atoms with van der Waals surface area (Å²) in [7, 11) is 0. The van der Waals surface area contributed by atoms with E-state index in [0.29, 0.717) is 12.0 Å². The fourth-order valence-electron chi connectivity index (χ4n) is 2.43. The maximum atomic E-state index is 13.7. The first-order valence-electron chi connectivity index (χ1n) is 7.87. The Bertz CT molecular complexity index is 629. The Morgan fingerprint density at radius 1 is 1.21 bits per heavy atom. The van der Waals surface area contributed by atoms with E-state index in [1.165, 1.54) is 12.1 Å². The molecule has 0 aliphatic heterocycles. The lowest BCUT2D eigenvalue weighted by Gasteiger charge is -2.19. The number of amides is 2. The number of hydrogen-bond donors (Lipinski definition) is 2. The lowest BCUT2D eigenvalue weighted by Crippen LogP contribution is -2.38. The van der Waals surface area contributed by atoms with Crippen molar-refractivity contribution in [3.8, 4) is 0 Å². The van der Waals surface area contributed by atoms with Crippen molar-refractivity contribution in [2.75, 3.05) is 13.1 Å². The minimum absolute atomic E-state index is 0.199. The molecule has 132 valence electrons. The first kappa shape index (κ1) is 18.2. The van der Waals surface area contributed by atoms with E-state index in [1.807, 2.05) is 0 Å². The van der Waals surface area contributed by atoms with Gasteiger partial charge in [0.25, 0.3) is 0 Å². The molecular weight excluding hydrogens is 318 g/mol. The highest BCUT2D eigenvalue weighted by Gasteiger charge is 2.45. The van der Waals surface area contributed by atoms with Crippen molar-refractivity contribution in [1.29, 1.82) is 0 Å². The first-order valence-corrected chi connectivity index (χ1v) is 7.87. The number of alkyl carbamates (subject to hydrolysis) is 1. The molecule has 2 unspecified atom stereocenters. The van der Waals surface area contributed by atoms with Crippen molar-refractivity contribution < 1.29 is 23.1 Å². The average Bonchev–Trinajstić information content (AvgIpc) is 3.21. The molecule has 0 bridgehead atoms. The molecule has 1 saturated carbocycles. The second-order valence-electron chi connectivity index (χ2n) is 6.83. The summed E-state index contributed by atoms with van der Waals surface area (Å²) in [5, 5.41) is 5.22. The molecule has 2 amide bonds. The van der Waals surface area contributed by atoms with Gasteiger partial charge in [0.1, 0.15) is 17.2 Å². The van der Waals surface area contributed by atoms with Gasteiger partial charge in [-0.2, -0.15) is 0 Å². The van der Waals surface area contributed by atoms with Crippen molar-refractivity contribution in [2.45, 2.75) is 38.7 Å². The van der Waals surface area contributed by atoms with Crippen molar-refractivity contribution in [3.63, 3.8) is 0 Å². The molecule has 1 aromatic carbocycles. The third kappa shape index (κ3) is 5.18. The third-order valence-electron chi connectivity index (χ3n) is 3.58. The fraction of sp³-hybridized carbons (Fsp3) is 0.529. The Morgan fingerprint density at radius 2 is 1.88 bits per heavy atom. The predicted octanol–water partition coefficient (Wildman–Crippen LogP) is 2.71. The molecule has 0 spiro atoms. The van der Waals surface area contributed by atoms with Crippen molar-refractivity contribution in [1.82, 2.24) is 10.6 Å². The molecule has 24 heavy (non-hydrogen) atoms. The van der Waals surface area contributed by atoms with Crippen LogP contribution >= 0.6 is 0 Å². The standard InChI is InChI=1S/C17H22F2N2O3/c1-17(2,3)24-16(23)21-7-6-20-15(22)13-9-12(13)11-5-4-10(18)8-14(11)19/h4-5,8,12-13H,6-7,9H2,1-3H3,(H,20,22)(H,21,23). The molecule has 5 nitrogen and oxygen atoms in total. The molecule has 1 fully saturated rings. The van der Waals surface area contributed by atoms with Gasteiger partial charge < -0.3 is 15.4 Å². The zero-order chi connectivity index (χ0) is 17.9. The lowest BCUT2D eigenvalue weighted by molar-refractivity contribution is -0.122. The second kappa shape index (κ2) is 7.15. The molecule has 1 aromatic rings. The number of benzene rings is 1. The van der Waals surface area contributed by atoms with Crippen LogP contribution < -0.4 is 10.6 Å². The highest BCUT2D eigenvalue weighted by molar-refractivity contribution is 5.83. The number of hydrogen-bond acceptors (Lipinski definition) is 3. The van der Waals surface area contributed by atoms with Gasteiger partial charge in [-0.15, -0.1) is 0 Å². The van der Waals surface area contributed by atoms with E-state index in [2.05, 4.69) is 10.6 Å². The number of ether oxygens (including phenoxy) is 1. The Morgan fingerprint density at radius 3 is 2.50 bits per heavy atom. The number of rotatable bonds is 5. The molecule has 7 heteroatoms. The summed E-state index contributed by atoms with van der Waals surface area (Å²) in [6.45, 7) is 5.78. The van der Waals surface area contributed by atoms with Crippen LogP contribution in [0.4, 0.5) is 13.6 Å².